The van der Waals surface area contributed by atoms with E-state index in [1.165, 1.54) is 13.2 Å². The van der Waals surface area contributed by atoms with Gasteiger partial charge in [-0.15, -0.1) is 0 Å². The average Bonchev–Trinajstić information content (AvgIpc) is 2.96. The van der Waals surface area contributed by atoms with Gasteiger partial charge in [-0.05, 0) is 46.5 Å². The van der Waals surface area contributed by atoms with Gasteiger partial charge in [-0.2, -0.15) is 13.2 Å². The van der Waals surface area contributed by atoms with Crippen LogP contribution >= 0.6 is 15.9 Å². The Labute approximate surface area is 104 Å². The molecule has 0 aromatic heterocycles. The first-order valence-electron chi connectivity index (χ1n) is 4.92. The highest BCUT2D eigenvalue weighted by Crippen LogP contribution is 2.59. The fourth-order valence-corrected chi connectivity index (χ4v) is 2.49. The maximum Gasteiger partial charge on any atom is 0.398 e. The van der Waals surface area contributed by atoms with Crippen LogP contribution in [0.1, 0.15) is 18.4 Å². The van der Waals surface area contributed by atoms with Crippen LogP contribution in [0.5, 0.6) is 5.75 Å². The molecule has 0 spiro atoms. The summed E-state index contributed by atoms with van der Waals surface area (Å²) in [7, 11) is 1.26. The molecule has 1 nitrogen and oxygen atoms in total. The zero-order valence-corrected chi connectivity index (χ0v) is 10.5. The number of benzene rings is 1. The van der Waals surface area contributed by atoms with Crippen LogP contribution in [0, 0.1) is 5.82 Å². The standard InChI is InChI=1S/C11H9BrF4O/c1-17-9-7(12)4-6(5-8(9)13)10(2-3-10)11(14,15)16/h4-5H,2-3H2,1H3. The second-order valence-electron chi connectivity index (χ2n) is 4.05. The van der Waals surface area contributed by atoms with Gasteiger partial charge in [0.05, 0.1) is 17.0 Å². The van der Waals surface area contributed by atoms with Gasteiger partial charge in [-0.1, -0.05) is 0 Å². The molecule has 1 aliphatic carbocycles. The van der Waals surface area contributed by atoms with Crippen molar-refractivity contribution in [1.29, 1.82) is 0 Å². The minimum Gasteiger partial charge on any atom is -0.492 e. The van der Waals surface area contributed by atoms with E-state index in [4.69, 9.17) is 4.74 Å². The Kier molecular flexibility index (Phi) is 2.88. The molecule has 1 aliphatic rings. The molecule has 1 fully saturated rings. The molecule has 0 saturated heterocycles. The zero-order chi connectivity index (χ0) is 12.8. The lowest BCUT2D eigenvalue weighted by Crippen LogP contribution is -2.28. The van der Waals surface area contributed by atoms with E-state index in [-0.39, 0.29) is 28.6 Å². The highest BCUT2D eigenvalue weighted by molar-refractivity contribution is 9.10. The summed E-state index contributed by atoms with van der Waals surface area (Å²) in [5.41, 5.74) is -1.92. The third-order valence-electron chi connectivity index (χ3n) is 3.05. The quantitative estimate of drug-likeness (QED) is 0.744. The summed E-state index contributed by atoms with van der Waals surface area (Å²) < 4.78 is 57.1. The Morgan fingerprint density at radius 2 is 1.88 bits per heavy atom. The fourth-order valence-electron chi connectivity index (χ4n) is 1.89. The van der Waals surface area contributed by atoms with Gasteiger partial charge in [0.2, 0.25) is 0 Å². The summed E-state index contributed by atoms with van der Waals surface area (Å²) >= 11 is 3.01. The maximum atomic E-state index is 13.5. The van der Waals surface area contributed by atoms with Crippen LogP contribution in [0.25, 0.3) is 0 Å². The van der Waals surface area contributed by atoms with Crippen LogP contribution in [-0.2, 0) is 5.41 Å². The molecule has 6 heteroatoms. The van der Waals surface area contributed by atoms with Crippen molar-refractivity contribution in [1.82, 2.24) is 0 Å². The summed E-state index contributed by atoms with van der Waals surface area (Å²) in [5, 5.41) is 0. The van der Waals surface area contributed by atoms with Crippen molar-refractivity contribution in [3.63, 3.8) is 0 Å². The van der Waals surface area contributed by atoms with E-state index in [9.17, 15) is 17.6 Å². The molecule has 0 atom stereocenters. The number of methoxy groups -OCH3 is 1. The molecule has 0 bridgehead atoms. The molecule has 0 unspecified atom stereocenters. The smallest absolute Gasteiger partial charge is 0.398 e. The monoisotopic (exact) mass is 312 g/mol. The molecule has 0 N–H and O–H groups in total. The van der Waals surface area contributed by atoms with Crippen molar-refractivity contribution in [2.24, 2.45) is 0 Å². The van der Waals surface area contributed by atoms with Gasteiger partial charge < -0.3 is 4.74 Å². The van der Waals surface area contributed by atoms with E-state index in [1.807, 2.05) is 0 Å². The predicted molar refractivity (Wildman–Crippen MR) is 57.6 cm³/mol. The van der Waals surface area contributed by atoms with Crippen LogP contribution in [0.2, 0.25) is 0 Å². The highest BCUT2D eigenvalue weighted by Gasteiger charge is 2.64. The molecule has 1 saturated carbocycles. The Morgan fingerprint density at radius 1 is 1.29 bits per heavy atom. The van der Waals surface area contributed by atoms with Crippen LogP contribution < -0.4 is 4.74 Å². The van der Waals surface area contributed by atoms with Gasteiger partial charge in [0.1, 0.15) is 0 Å². The lowest BCUT2D eigenvalue weighted by atomic mass is 9.95. The van der Waals surface area contributed by atoms with Crippen molar-refractivity contribution in [2.75, 3.05) is 7.11 Å². The first-order chi connectivity index (χ1) is 7.82. The molecule has 17 heavy (non-hydrogen) atoms. The molecular formula is C11H9BrF4O. The average molecular weight is 313 g/mol. The Balaban J connectivity index is 2.49. The van der Waals surface area contributed by atoms with Gasteiger partial charge in [-0.25, -0.2) is 4.39 Å². The minimum absolute atomic E-state index is 0.00864. The molecule has 0 radical (unpaired) electrons. The zero-order valence-electron chi connectivity index (χ0n) is 8.87. The number of hydrogen-bond acceptors (Lipinski definition) is 1. The Bertz CT molecular complexity index is 428. The summed E-state index contributed by atoms with van der Waals surface area (Å²) in [6, 6.07) is 2.19. The molecule has 0 heterocycles. The third-order valence-corrected chi connectivity index (χ3v) is 3.64. The largest absolute Gasteiger partial charge is 0.492 e. The van der Waals surface area contributed by atoms with Gasteiger partial charge >= 0.3 is 6.18 Å². The van der Waals surface area contributed by atoms with E-state index in [2.05, 4.69) is 15.9 Å². The van der Waals surface area contributed by atoms with E-state index in [0.717, 1.165) is 6.07 Å². The normalized spacial score (nSPS) is 18.0. The lowest BCUT2D eigenvalue weighted by Gasteiger charge is -2.20. The summed E-state index contributed by atoms with van der Waals surface area (Å²) in [4.78, 5) is 0. The molecule has 0 aliphatic heterocycles. The van der Waals surface area contributed by atoms with Crippen molar-refractivity contribution < 1.29 is 22.3 Å². The van der Waals surface area contributed by atoms with E-state index < -0.39 is 17.4 Å². The van der Waals surface area contributed by atoms with Crippen LogP contribution in [-0.4, -0.2) is 13.3 Å². The second kappa shape index (κ2) is 3.86. The van der Waals surface area contributed by atoms with Crippen LogP contribution in [0.4, 0.5) is 17.6 Å². The van der Waals surface area contributed by atoms with Crippen molar-refractivity contribution in [2.45, 2.75) is 24.4 Å². The van der Waals surface area contributed by atoms with Gasteiger partial charge in [0, 0.05) is 0 Å². The molecule has 1 aromatic carbocycles. The van der Waals surface area contributed by atoms with E-state index >= 15 is 0 Å². The number of rotatable bonds is 2. The number of halogens is 5. The maximum absolute atomic E-state index is 13.5. The third kappa shape index (κ3) is 1.92. The second-order valence-corrected chi connectivity index (χ2v) is 4.91. The SMILES string of the molecule is COc1c(F)cc(C2(C(F)(F)F)CC2)cc1Br. The first kappa shape index (κ1) is 12.7. The fraction of sp³-hybridized carbons (Fsp3) is 0.455. The van der Waals surface area contributed by atoms with Gasteiger partial charge in [0.25, 0.3) is 0 Å². The summed E-state index contributed by atoms with van der Waals surface area (Å²) in [5.74, 6) is -0.862. The van der Waals surface area contributed by atoms with Crippen molar-refractivity contribution in [3.05, 3.63) is 28.0 Å². The van der Waals surface area contributed by atoms with Crippen molar-refractivity contribution in [3.8, 4) is 5.75 Å². The molecule has 1 aromatic rings. The van der Waals surface area contributed by atoms with E-state index in [1.54, 1.807) is 0 Å². The molecular weight excluding hydrogens is 304 g/mol. The molecule has 94 valence electrons. The molecule has 0 amide bonds. The first-order valence-corrected chi connectivity index (χ1v) is 5.71. The lowest BCUT2D eigenvalue weighted by molar-refractivity contribution is -0.160. The van der Waals surface area contributed by atoms with Crippen LogP contribution in [0.3, 0.4) is 0 Å². The predicted octanol–water partition coefficient (Wildman–Crippen LogP) is 4.19. The Hall–Kier alpha value is -0.780. The summed E-state index contributed by atoms with van der Waals surface area (Å²) in [6.07, 6.45) is -4.32. The topological polar surface area (TPSA) is 9.23 Å². The van der Waals surface area contributed by atoms with Crippen molar-refractivity contribution >= 4 is 15.9 Å². The van der Waals surface area contributed by atoms with E-state index in [0.29, 0.717) is 0 Å². The molecule has 2 rings (SSSR count). The number of alkyl halides is 3. The highest BCUT2D eigenvalue weighted by atomic mass is 79.9. The Morgan fingerprint density at radius 3 is 2.24 bits per heavy atom. The van der Waals surface area contributed by atoms with Crippen LogP contribution in [0.15, 0.2) is 16.6 Å². The number of hydrogen-bond donors (Lipinski definition) is 0. The number of ether oxygens (including phenoxy) is 1. The summed E-state index contributed by atoms with van der Waals surface area (Å²) in [6.45, 7) is 0. The van der Waals surface area contributed by atoms with Gasteiger partial charge in [-0.3, -0.25) is 0 Å². The minimum atomic E-state index is -4.34. The van der Waals surface area contributed by atoms with Gasteiger partial charge in [0.15, 0.2) is 11.6 Å².